The van der Waals surface area contributed by atoms with E-state index < -0.39 is 5.54 Å². The van der Waals surface area contributed by atoms with E-state index in [4.69, 9.17) is 5.73 Å². The number of para-hydroxylation sites is 1. The van der Waals surface area contributed by atoms with E-state index in [0.29, 0.717) is 18.4 Å². The Morgan fingerprint density at radius 3 is 2.57 bits per heavy atom. The minimum absolute atomic E-state index is 0.247. The minimum Gasteiger partial charge on any atom is -0.321 e. The number of halogens is 1. The summed E-state index contributed by atoms with van der Waals surface area (Å²) in [4.78, 5) is 4.62. The number of hydrogen-bond acceptors (Lipinski definition) is 3. The summed E-state index contributed by atoms with van der Waals surface area (Å²) in [6, 6.07) is 14.7. The highest BCUT2D eigenvalue weighted by Crippen LogP contribution is 2.31. The van der Waals surface area contributed by atoms with Gasteiger partial charge in [-0.05, 0) is 24.6 Å². The lowest BCUT2D eigenvalue weighted by atomic mass is 9.85. The lowest BCUT2D eigenvalue weighted by Crippen LogP contribution is -2.39. The van der Waals surface area contributed by atoms with Gasteiger partial charge < -0.3 is 5.73 Å². The summed E-state index contributed by atoms with van der Waals surface area (Å²) < 4.78 is 15.2. The van der Waals surface area contributed by atoms with Crippen LogP contribution in [0.2, 0.25) is 0 Å². The summed E-state index contributed by atoms with van der Waals surface area (Å²) in [5, 5.41) is 0.948. The van der Waals surface area contributed by atoms with Gasteiger partial charge in [0.25, 0.3) is 0 Å². The molecule has 0 amide bonds. The third-order valence-corrected chi connectivity index (χ3v) is 4.88. The number of benzene rings is 2. The molecule has 21 heavy (non-hydrogen) atoms. The molecule has 0 aliphatic carbocycles. The fraction of sp³-hybridized carbons (Fsp3) is 0.235. The van der Waals surface area contributed by atoms with Crippen molar-refractivity contribution in [3.8, 4) is 0 Å². The van der Waals surface area contributed by atoms with Gasteiger partial charge in [0.1, 0.15) is 5.82 Å². The van der Waals surface area contributed by atoms with Crippen molar-refractivity contribution in [1.29, 1.82) is 0 Å². The van der Waals surface area contributed by atoms with Crippen LogP contribution < -0.4 is 5.73 Å². The topological polar surface area (TPSA) is 38.9 Å². The molecule has 0 aliphatic heterocycles. The Bertz CT molecular complexity index is 735. The van der Waals surface area contributed by atoms with E-state index in [9.17, 15) is 4.39 Å². The van der Waals surface area contributed by atoms with Gasteiger partial charge in [0.05, 0.1) is 15.2 Å². The third kappa shape index (κ3) is 2.69. The molecule has 1 aromatic heterocycles. The standard InChI is InChI=1S/C17H17FN2S/c1-2-17(19,12-7-3-4-8-13(12)18)11-16-20-14-9-5-6-10-15(14)21-16/h3-10H,2,11,19H2,1H3. The molecule has 1 unspecified atom stereocenters. The highest BCUT2D eigenvalue weighted by Gasteiger charge is 2.29. The predicted molar refractivity (Wildman–Crippen MR) is 85.9 cm³/mol. The smallest absolute Gasteiger partial charge is 0.128 e. The zero-order valence-corrected chi connectivity index (χ0v) is 12.7. The molecule has 2 N–H and O–H groups in total. The van der Waals surface area contributed by atoms with Crippen LogP contribution in [0.5, 0.6) is 0 Å². The second-order valence-corrected chi connectivity index (χ2v) is 6.36. The van der Waals surface area contributed by atoms with E-state index >= 15 is 0 Å². The van der Waals surface area contributed by atoms with Gasteiger partial charge in [0.2, 0.25) is 0 Å². The molecule has 0 fully saturated rings. The summed E-state index contributed by atoms with van der Waals surface area (Å²) in [7, 11) is 0. The lowest BCUT2D eigenvalue weighted by Gasteiger charge is -2.28. The van der Waals surface area contributed by atoms with E-state index in [-0.39, 0.29) is 5.82 Å². The van der Waals surface area contributed by atoms with Crippen molar-refractivity contribution in [1.82, 2.24) is 4.98 Å². The maximum absolute atomic E-state index is 14.1. The van der Waals surface area contributed by atoms with Crippen LogP contribution in [0, 0.1) is 5.82 Å². The van der Waals surface area contributed by atoms with Crippen LogP contribution in [0.4, 0.5) is 4.39 Å². The number of rotatable bonds is 4. The van der Waals surface area contributed by atoms with Gasteiger partial charge in [-0.3, -0.25) is 0 Å². The number of nitrogens with two attached hydrogens (primary N) is 1. The van der Waals surface area contributed by atoms with Crippen LogP contribution in [0.1, 0.15) is 23.9 Å². The fourth-order valence-corrected chi connectivity index (χ4v) is 3.63. The first-order chi connectivity index (χ1) is 10.1. The molecule has 0 radical (unpaired) electrons. The Balaban J connectivity index is 1.98. The Hall–Kier alpha value is -1.78. The molecule has 0 bridgehead atoms. The first-order valence-corrected chi connectivity index (χ1v) is 7.82. The fourth-order valence-electron chi connectivity index (χ4n) is 2.54. The predicted octanol–water partition coefficient (Wildman–Crippen LogP) is 4.24. The molecule has 0 aliphatic rings. The van der Waals surface area contributed by atoms with Crippen molar-refractivity contribution in [2.45, 2.75) is 25.3 Å². The summed E-state index contributed by atoms with van der Waals surface area (Å²) in [6.45, 7) is 1.99. The molecule has 0 saturated carbocycles. The Morgan fingerprint density at radius 1 is 1.14 bits per heavy atom. The quantitative estimate of drug-likeness (QED) is 0.782. The third-order valence-electron chi connectivity index (χ3n) is 3.85. The van der Waals surface area contributed by atoms with Gasteiger partial charge in [0, 0.05) is 17.5 Å². The monoisotopic (exact) mass is 300 g/mol. The SMILES string of the molecule is CCC(N)(Cc1nc2ccccc2s1)c1ccccc1F. The van der Waals surface area contributed by atoms with Crippen molar-refractivity contribution >= 4 is 21.6 Å². The molecular weight excluding hydrogens is 283 g/mol. The maximum atomic E-state index is 14.1. The highest BCUT2D eigenvalue weighted by molar-refractivity contribution is 7.18. The van der Waals surface area contributed by atoms with Gasteiger partial charge >= 0.3 is 0 Å². The molecular formula is C17H17FN2S. The summed E-state index contributed by atoms with van der Waals surface area (Å²) >= 11 is 1.63. The molecule has 4 heteroatoms. The largest absolute Gasteiger partial charge is 0.321 e. The summed E-state index contributed by atoms with van der Waals surface area (Å²) in [6.07, 6.45) is 1.20. The number of thiazole rings is 1. The normalized spacial score (nSPS) is 14.2. The van der Waals surface area contributed by atoms with Crippen LogP contribution in [0.15, 0.2) is 48.5 Å². The van der Waals surface area contributed by atoms with E-state index in [0.717, 1.165) is 15.2 Å². The minimum atomic E-state index is -0.723. The van der Waals surface area contributed by atoms with Crippen molar-refractivity contribution in [2.75, 3.05) is 0 Å². The van der Waals surface area contributed by atoms with Gasteiger partial charge in [0.15, 0.2) is 0 Å². The van der Waals surface area contributed by atoms with Gasteiger partial charge in [-0.1, -0.05) is 37.3 Å². The molecule has 1 atom stereocenters. The molecule has 0 saturated heterocycles. The van der Waals surface area contributed by atoms with Crippen LogP contribution >= 0.6 is 11.3 Å². The number of nitrogens with zero attached hydrogens (tertiary/aromatic N) is 1. The van der Waals surface area contributed by atoms with Crippen LogP contribution in [-0.4, -0.2) is 4.98 Å². The zero-order chi connectivity index (χ0) is 14.9. The highest BCUT2D eigenvalue weighted by atomic mass is 32.1. The summed E-state index contributed by atoms with van der Waals surface area (Å²) in [5.41, 5.74) is 7.32. The molecule has 1 heterocycles. The molecule has 3 aromatic rings. The number of fused-ring (bicyclic) bond motifs is 1. The number of aromatic nitrogens is 1. The van der Waals surface area contributed by atoms with Crippen LogP contribution in [-0.2, 0) is 12.0 Å². The second-order valence-electron chi connectivity index (χ2n) is 5.24. The van der Waals surface area contributed by atoms with Crippen molar-refractivity contribution in [2.24, 2.45) is 5.73 Å². The van der Waals surface area contributed by atoms with Crippen molar-refractivity contribution in [3.05, 3.63) is 64.9 Å². The maximum Gasteiger partial charge on any atom is 0.128 e. The van der Waals surface area contributed by atoms with E-state index in [1.54, 1.807) is 23.5 Å². The van der Waals surface area contributed by atoms with Gasteiger partial charge in [-0.25, -0.2) is 9.37 Å². The molecule has 0 spiro atoms. The molecule has 108 valence electrons. The zero-order valence-electron chi connectivity index (χ0n) is 11.8. The van der Waals surface area contributed by atoms with Crippen molar-refractivity contribution in [3.63, 3.8) is 0 Å². The first-order valence-electron chi connectivity index (χ1n) is 7.01. The average molecular weight is 300 g/mol. The molecule has 2 nitrogen and oxygen atoms in total. The second kappa shape index (κ2) is 5.54. The van der Waals surface area contributed by atoms with Crippen LogP contribution in [0.3, 0.4) is 0 Å². The lowest BCUT2D eigenvalue weighted by molar-refractivity contribution is 0.402. The Morgan fingerprint density at radius 2 is 1.86 bits per heavy atom. The molecule has 2 aromatic carbocycles. The first kappa shape index (κ1) is 14.2. The van der Waals surface area contributed by atoms with E-state index in [1.165, 1.54) is 6.07 Å². The average Bonchev–Trinajstić information content (AvgIpc) is 2.89. The Labute approximate surface area is 127 Å². The molecule has 3 rings (SSSR count). The van der Waals surface area contributed by atoms with Crippen LogP contribution in [0.25, 0.3) is 10.2 Å². The van der Waals surface area contributed by atoms with E-state index in [1.807, 2.05) is 37.3 Å². The van der Waals surface area contributed by atoms with Gasteiger partial charge in [-0.2, -0.15) is 0 Å². The van der Waals surface area contributed by atoms with Gasteiger partial charge in [-0.15, -0.1) is 11.3 Å². The van der Waals surface area contributed by atoms with E-state index in [2.05, 4.69) is 4.98 Å². The number of hydrogen-bond donors (Lipinski definition) is 1. The summed E-state index contributed by atoms with van der Waals surface area (Å²) in [5.74, 6) is -0.247. The van der Waals surface area contributed by atoms with Crippen molar-refractivity contribution < 1.29 is 4.39 Å². The Kier molecular flexibility index (Phi) is 3.74.